The second-order valence-corrected chi connectivity index (χ2v) is 21.4. The van der Waals surface area contributed by atoms with E-state index in [0.717, 1.165) is 70.6 Å². The van der Waals surface area contributed by atoms with Crippen molar-refractivity contribution >= 4 is 40.6 Å². The number of aliphatic hydroxyl groups excluding tert-OH is 13. The van der Waals surface area contributed by atoms with Gasteiger partial charge in [-0.05, 0) is 12.8 Å². The fraction of sp³-hybridized carbons (Fsp3) is 0.857. The number of carbonyl (C=O) groups excluding carboxylic acids is 5. The number of carboxylic acid groups (broad SMARTS) is 1. The molecule has 16 N–H and O–H groups in total. The maximum Gasteiger partial charge on any atom is 1.00 e. The third-order valence-electron chi connectivity index (χ3n) is 14.0. The molecule has 0 spiro atoms. The van der Waals surface area contributed by atoms with Crippen molar-refractivity contribution in [2.45, 2.75) is 225 Å². The summed E-state index contributed by atoms with van der Waals surface area (Å²) in [6.07, 6.45) is -31.2. The van der Waals surface area contributed by atoms with Gasteiger partial charge in [-0.2, -0.15) is 0 Å². The Morgan fingerprint density at radius 2 is 1.23 bits per heavy atom. The van der Waals surface area contributed by atoms with Crippen molar-refractivity contribution in [3.63, 3.8) is 0 Å². The van der Waals surface area contributed by atoms with Crippen LogP contribution in [0.1, 0.15) is 85.0 Å². The summed E-state index contributed by atoms with van der Waals surface area (Å²) in [4.78, 5) is 61.9. The number of amides is 3. The minimum Gasteiger partial charge on any atom is -0.544 e. The first-order chi connectivity index (χ1) is 37.9. The Balaban J connectivity index is 0.0000172. The van der Waals surface area contributed by atoms with Gasteiger partial charge in [0, 0.05) is 39.4 Å². The monoisotopic (exact) mass is 1200 g/mol. The zero-order valence-corrected chi connectivity index (χ0v) is 48.6. The van der Waals surface area contributed by atoms with Crippen LogP contribution in [0.5, 0.6) is 0 Å². The van der Waals surface area contributed by atoms with E-state index in [4.69, 9.17) is 37.9 Å². The van der Waals surface area contributed by atoms with Crippen molar-refractivity contribution in [1.29, 1.82) is 0 Å². The van der Waals surface area contributed by atoms with Crippen LogP contribution < -0.4 is 50.6 Å². The predicted octanol–water partition coefficient (Wildman–Crippen LogP) is -10.7. The summed E-state index contributed by atoms with van der Waals surface area (Å²) >= 11 is 1.31. The molecule has 30 nitrogen and oxygen atoms in total. The van der Waals surface area contributed by atoms with Crippen LogP contribution in [0, 0.1) is 0 Å². The summed E-state index contributed by atoms with van der Waals surface area (Å²) in [6, 6.07) is -4.63. The molecule has 0 aromatic rings. The van der Waals surface area contributed by atoms with E-state index in [1.54, 1.807) is 6.92 Å². The largest absolute Gasteiger partial charge is 1.00 e. The number of hydrogen-bond donors (Lipinski definition) is 16. The standard InChI is InChI=1S/C49H83N3O27S.Na/c1-5-26(60)25(52-32(63)14-12-10-8-6-7-9-11-13-15-80-24(4)59)21-72-46-39(68)38(67)41(30(19-55)74-46)76-47-40(69)44(42(31(20-56)75-47)77-45-34(51-23(3)58)37(66)36(65)29(18-54)73-45)79-49(48(70)71)16-27(61)33(50-22(2)57)43(78-49)35(64)28(62)17-53;/h5,25-31,33-47,53-56,60-62,64-69H,1,6-21H2,2-4H3,(H,50,57)(H,51,58)(H,52,63)(H,70,71);/q;+1/p-1/t25-,26+,27-,28+,29+,30+,31+,33+,34+,35+,36-,37+,38+,39+,40+,41+,42-,43+,44+,45-,46+,47-,49-;/m0./s1. The molecular formula is C49H82N3NaO27S. The molecule has 32 heteroatoms. The Labute approximate surface area is 494 Å². The number of thioether (sulfide) groups is 1. The van der Waals surface area contributed by atoms with Gasteiger partial charge in [0.25, 0.3) is 0 Å². The molecule has 4 fully saturated rings. The summed E-state index contributed by atoms with van der Waals surface area (Å²) in [5.41, 5.74) is 0. The minimum absolute atomic E-state index is 0. The molecule has 0 unspecified atom stereocenters. The number of rotatable bonds is 32. The normalized spacial score (nSPS) is 35.8. The van der Waals surface area contributed by atoms with Gasteiger partial charge >= 0.3 is 29.6 Å². The number of aliphatic carboxylic acids is 1. The van der Waals surface area contributed by atoms with Gasteiger partial charge in [0.05, 0.1) is 57.3 Å². The van der Waals surface area contributed by atoms with E-state index >= 15 is 0 Å². The third-order valence-corrected chi connectivity index (χ3v) is 14.9. The van der Waals surface area contributed by atoms with E-state index in [-0.39, 0.29) is 41.1 Å². The van der Waals surface area contributed by atoms with Crippen molar-refractivity contribution in [2.24, 2.45) is 0 Å². The first-order valence-corrected chi connectivity index (χ1v) is 27.5. The van der Waals surface area contributed by atoms with Crippen LogP contribution >= 0.6 is 11.8 Å². The third kappa shape index (κ3) is 20.5. The summed E-state index contributed by atoms with van der Waals surface area (Å²) in [6.45, 7) is 2.18. The molecule has 3 amide bonds. The van der Waals surface area contributed by atoms with E-state index in [9.17, 15) is 95.5 Å². The Morgan fingerprint density at radius 3 is 1.79 bits per heavy atom. The predicted molar refractivity (Wildman–Crippen MR) is 268 cm³/mol. The molecule has 0 aromatic heterocycles. The number of carbonyl (C=O) groups is 5. The molecule has 0 aromatic carbocycles. The van der Waals surface area contributed by atoms with Crippen LogP contribution in [0.2, 0.25) is 0 Å². The summed E-state index contributed by atoms with van der Waals surface area (Å²) < 4.78 is 46.7. The average molecular weight is 1200 g/mol. The number of ether oxygens (including phenoxy) is 8. The molecule has 0 bridgehead atoms. The molecule has 4 aliphatic heterocycles. The van der Waals surface area contributed by atoms with Crippen molar-refractivity contribution in [1.82, 2.24) is 16.0 Å². The van der Waals surface area contributed by atoms with E-state index in [1.165, 1.54) is 11.8 Å². The molecule has 0 radical (unpaired) electrons. The summed E-state index contributed by atoms with van der Waals surface area (Å²) in [5.74, 6) is -7.07. The van der Waals surface area contributed by atoms with Gasteiger partial charge in [0.1, 0.15) is 97.5 Å². The zero-order chi connectivity index (χ0) is 59.6. The molecule has 0 aliphatic carbocycles. The molecule has 4 saturated heterocycles. The van der Waals surface area contributed by atoms with Gasteiger partial charge < -0.3 is 130 Å². The molecule has 0 saturated carbocycles. The Bertz CT molecular complexity index is 1960. The van der Waals surface area contributed by atoms with Crippen LogP contribution in [-0.4, -0.2) is 274 Å². The fourth-order valence-corrected chi connectivity index (χ4v) is 10.3. The molecule has 4 aliphatic rings. The van der Waals surface area contributed by atoms with Gasteiger partial charge in [0.15, 0.2) is 24.0 Å². The molecule has 4 heterocycles. The van der Waals surface area contributed by atoms with Crippen molar-refractivity contribution in [3.05, 3.63) is 12.7 Å². The summed E-state index contributed by atoms with van der Waals surface area (Å²) in [7, 11) is 0. The Morgan fingerprint density at radius 1 is 0.691 bits per heavy atom. The van der Waals surface area contributed by atoms with Crippen LogP contribution in [0.15, 0.2) is 12.7 Å². The number of carboxylic acids is 1. The smallest absolute Gasteiger partial charge is 0.544 e. The first-order valence-electron chi connectivity index (χ1n) is 26.5. The molecule has 23 atom stereocenters. The minimum atomic E-state index is -3.39. The molecule has 81 heavy (non-hydrogen) atoms. The SMILES string of the molecule is C=C[C@@H](O)[C@H](CO[C@@H]1O[C@H](CO)[C@@H](O[C@@H]2O[C@H](CO)[C@H](O[C@@H]3O[C@H](CO)[C@H](O)[C@H](O)[C@H]3NC(C)=O)[C@H](O[C@]3(C(=O)[O-])C[C@H](O)[C@@H](NC(C)=O)[C@H]([C@H](O)[C@H](O)CO)O3)[C@H]2O)[C@H](O)[C@H]1O)NC(=O)CCCCCCCCCCSC(C)=O.[Na+]. The fourth-order valence-electron chi connectivity index (χ4n) is 9.70. The van der Waals surface area contributed by atoms with Crippen LogP contribution in [0.25, 0.3) is 0 Å². The Hall–Kier alpha value is -2.20. The van der Waals surface area contributed by atoms with Crippen LogP contribution in [-0.2, 0) is 61.9 Å². The Kier molecular flexibility index (Phi) is 32.0. The zero-order valence-electron chi connectivity index (χ0n) is 45.7. The topological polar surface area (TPSA) is 481 Å². The van der Waals surface area contributed by atoms with Gasteiger partial charge in [-0.15, -0.1) is 6.58 Å². The van der Waals surface area contributed by atoms with Gasteiger partial charge in [0.2, 0.25) is 23.5 Å². The number of nitrogens with one attached hydrogen (secondary N) is 3. The second-order valence-electron chi connectivity index (χ2n) is 20.2. The van der Waals surface area contributed by atoms with Gasteiger partial charge in [-0.1, -0.05) is 56.4 Å². The number of hydrogen-bond acceptors (Lipinski definition) is 28. The number of aliphatic hydroxyl groups is 13. The maximum atomic E-state index is 13.3. The quantitative estimate of drug-likeness (QED) is 0.0169. The average Bonchev–Trinajstić information content (AvgIpc) is 3.51. The van der Waals surface area contributed by atoms with Gasteiger partial charge in [-0.25, -0.2) is 0 Å². The number of unbranched alkanes of at least 4 members (excludes halogenated alkanes) is 7. The first kappa shape index (κ1) is 73.1. The van der Waals surface area contributed by atoms with Crippen LogP contribution in [0.4, 0.5) is 0 Å². The molecular weight excluding hydrogens is 1120 g/mol. The second kappa shape index (κ2) is 35.4. The maximum absolute atomic E-state index is 13.3. The van der Waals surface area contributed by atoms with E-state index < -0.39 is 204 Å². The van der Waals surface area contributed by atoms with Crippen molar-refractivity contribution in [3.8, 4) is 0 Å². The molecule has 462 valence electrons. The van der Waals surface area contributed by atoms with Crippen LogP contribution in [0.3, 0.4) is 0 Å². The van der Waals surface area contributed by atoms with E-state index in [2.05, 4.69) is 22.5 Å². The summed E-state index contributed by atoms with van der Waals surface area (Å²) in [5, 5.41) is 162. The van der Waals surface area contributed by atoms with E-state index in [0.29, 0.717) is 6.42 Å². The van der Waals surface area contributed by atoms with Crippen molar-refractivity contribution in [2.75, 3.05) is 38.8 Å². The van der Waals surface area contributed by atoms with Crippen molar-refractivity contribution < 1.29 is 163 Å². The van der Waals surface area contributed by atoms with Gasteiger partial charge in [-0.3, -0.25) is 19.2 Å². The van der Waals surface area contributed by atoms with E-state index in [1.807, 2.05) is 0 Å². The molecule has 4 rings (SSSR count).